The fourth-order valence-corrected chi connectivity index (χ4v) is 4.31. The van der Waals surface area contributed by atoms with Gasteiger partial charge in [-0.05, 0) is 56.0 Å². The molecular formula is C23H28ClF3N2O2. The van der Waals surface area contributed by atoms with Crippen molar-refractivity contribution in [3.8, 4) is 0 Å². The third-order valence-corrected chi connectivity index (χ3v) is 6.52. The maximum Gasteiger partial charge on any atom is 0.307 e. The van der Waals surface area contributed by atoms with Crippen LogP contribution in [0.15, 0.2) is 41.5 Å². The maximum absolute atomic E-state index is 14.5. The molecule has 1 aromatic carbocycles. The van der Waals surface area contributed by atoms with Gasteiger partial charge in [-0.25, -0.2) is 13.2 Å². The van der Waals surface area contributed by atoms with Crippen LogP contribution < -0.4 is 5.32 Å². The molecule has 170 valence electrons. The van der Waals surface area contributed by atoms with Crippen LogP contribution in [0.3, 0.4) is 0 Å². The van der Waals surface area contributed by atoms with Gasteiger partial charge in [0.1, 0.15) is 0 Å². The lowest BCUT2D eigenvalue weighted by Gasteiger charge is -2.32. The summed E-state index contributed by atoms with van der Waals surface area (Å²) < 4.78 is 42.3. The topological polar surface area (TPSA) is 52.6 Å². The van der Waals surface area contributed by atoms with Crippen molar-refractivity contribution in [1.82, 2.24) is 10.2 Å². The van der Waals surface area contributed by atoms with Gasteiger partial charge in [-0.2, -0.15) is 0 Å². The molecule has 1 fully saturated rings. The first-order valence-electron chi connectivity index (χ1n) is 10.4. The van der Waals surface area contributed by atoms with Crippen LogP contribution in [0.5, 0.6) is 0 Å². The predicted octanol–water partition coefficient (Wildman–Crippen LogP) is 4.94. The Hall–Kier alpha value is -1.83. The number of likely N-dealkylation sites (tertiary alicyclic amines) is 1. The number of hydrogen-bond donors (Lipinski definition) is 2. The van der Waals surface area contributed by atoms with Crippen LogP contribution in [0, 0.1) is 12.8 Å². The third-order valence-electron chi connectivity index (χ3n) is 6.10. The summed E-state index contributed by atoms with van der Waals surface area (Å²) in [5, 5.41) is 12.6. The molecule has 1 aliphatic carbocycles. The minimum absolute atomic E-state index is 0.287. The molecule has 3 atom stereocenters. The van der Waals surface area contributed by atoms with E-state index in [1.165, 1.54) is 6.07 Å². The highest BCUT2D eigenvalue weighted by Gasteiger charge is 2.42. The molecule has 1 saturated heterocycles. The number of carboxylic acids is 1. The Morgan fingerprint density at radius 1 is 1.39 bits per heavy atom. The van der Waals surface area contributed by atoms with Gasteiger partial charge < -0.3 is 5.11 Å². The van der Waals surface area contributed by atoms with Crippen molar-refractivity contribution in [1.29, 1.82) is 0 Å². The van der Waals surface area contributed by atoms with Gasteiger partial charge in [-0.3, -0.25) is 15.0 Å². The summed E-state index contributed by atoms with van der Waals surface area (Å²) in [4.78, 5) is 13.3. The zero-order valence-corrected chi connectivity index (χ0v) is 18.4. The molecule has 0 bridgehead atoms. The molecule has 0 amide bonds. The molecule has 2 aliphatic rings. The van der Waals surface area contributed by atoms with E-state index in [1.54, 1.807) is 19.1 Å². The molecule has 0 radical (unpaired) electrons. The second-order valence-corrected chi connectivity index (χ2v) is 8.89. The monoisotopic (exact) mass is 456 g/mol. The zero-order chi connectivity index (χ0) is 22.8. The van der Waals surface area contributed by atoms with E-state index in [9.17, 15) is 23.1 Å². The molecule has 0 saturated carbocycles. The van der Waals surface area contributed by atoms with Crippen molar-refractivity contribution >= 4 is 17.6 Å². The second-order valence-electron chi connectivity index (χ2n) is 8.48. The fraction of sp³-hybridized carbons (Fsp3) is 0.522. The van der Waals surface area contributed by atoms with Gasteiger partial charge in [0, 0.05) is 24.2 Å². The lowest BCUT2D eigenvalue weighted by molar-refractivity contribution is -0.141. The normalized spacial score (nSPS) is 23.4. The summed E-state index contributed by atoms with van der Waals surface area (Å²) in [6.45, 7) is 3.64. The third kappa shape index (κ3) is 5.70. The summed E-state index contributed by atoms with van der Waals surface area (Å²) >= 11 is 6.03. The summed E-state index contributed by atoms with van der Waals surface area (Å²) in [6, 6.07) is 2.73. The Kier molecular flexibility index (Phi) is 7.50. The number of alkyl halides is 3. The summed E-state index contributed by atoms with van der Waals surface area (Å²) in [5.41, 5.74) is 2.96. The van der Waals surface area contributed by atoms with Gasteiger partial charge in [0.25, 0.3) is 5.92 Å². The van der Waals surface area contributed by atoms with Gasteiger partial charge in [0.05, 0.1) is 12.0 Å². The average Bonchev–Trinajstić information content (AvgIpc) is 3.19. The number of halogens is 4. The van der Waals surface area contributed by atoms with Crippen LogP contribution in [0.25, 0.3) is 0 Å². The quantitative estimate of drug-likeness (QED) is 0.582. The Morgan fingerprint density at radius 3 is 2.74 bits per heavy atom. The molecule has 2 N–H and O–H groups in total. The highest BCUT2D eigenvalue weighted by atomic mass is 35.5. The standard InChI is InChI=1S/C23H28ClF3N2O2/c1-14-3-5-19(10-18(14)12-29-8-7-17(11-29)22(30)31)28-21(23(26,27)13-25)16-4-6-20(24)15(2)9-16/h3-4,6,9-10,17,19,21,28H,5,7-8,11-13H2,1-2H3,(H,30,31). The van der Waals surface area contributed by atoms with Crippen molar-refractivity contribution < 1.29 is 23.1 Å². The molecule has 1 heterocycles. The largest absolute Gasteiger partial charge is 0.481 e. The summed E-state index contributed by atoms with van der Waals surface area (Å²) in [5.74, 6) is -4.74. The zero-order valence-electron chi connectivity index (χ0n) is 17.7. The number of carbonyl (C=O) groups is 1. The Morgan fingerprint density at radius 2 is 2.13 bits per heavy atom. The van der Waals surface area contributed by atoms with E-state index in [0.29, 0.717) is 43.1 Å². The Bertz CT molecular complexity index is 888. The maximum atomic E-state index is 14.5. The first-order valence-corrected chi connectivity index (χ1v) is 10.8. The average molecular weight is 457 g/mol. The van der Waals surface area contributed by atoms with Gasteiger partial charge in [0.15, 0.2) is 6.67 Å². The Labute approximate surface area is 185 Å². The fourth-order valence-electron chi connectivity index (χ4n) is 4.19. The lowest BCUT2D eigenvalue weighted by atomic mass is 9.92. The molecule has 8 heteroatoms. The minimum Gasteiger partial charge on any atom is -0.481 e. The van der Waals surface area contributed by atoms with E-state index >= 15 is 0 Å². The molecule has 4 nitrogen and oxygen atoms in total. The number of rotatable bonds is 8. The number of nitrogens with zero attached hydrogens (tertiary/aromatic N) is 1. The Balaban J connectivity index is 1.78. The van der Waals surface area contributed by atoms with Crippen molar-refractivity contribution in [2.75, 3.05) is 26.3 Å². The van der Waals surface area contributed by atoms with Crippen LogP contribution in [0.4, 0.5) is 13.2 Å². The number of nitrogens with one attached hydrogen (secondary N) is 1. The number of aryl methyl sites for hydroxylation is 1. The van der Waals surface area contributed by atoms with Crippen LogP contribution in [0.2, 0.25) is 5.02 Å². The second kappa shape index (κ2) is 9.76. The van der Waals surface area contributed by atoms with E-state index in [2.05, 4.69) is 10.2 Å². The first-order chi connectivity index (χ1) is 14.6. The van der Waals surface area contributed by atoms with Crippen LogP contribution >= 0.6 is 11.6 Å². The van der Waals surface area contributed by atoms with Gasteiger partial charge >= 0.3 is 5.97 Å². The SMILES string of the molecule is CC1=CCC(NC(c2ccc(Cl)c(C)c2)C(F)(F)CF)C=C1CN1CCC(C(=O)O)C1. The van der Waals surface area contributed by atoms with E-state index in [0.717, 1.165) is 11.1 Å². The molecule has 1 aromatic rings. The number of aliphatic carboxylic acids is 1. The van der Waals surface area contributed by atoms with E-state index in [1.807, 2.05) is 19.1 Å². The summed E-state index contributed by atoms with van der Waals surface area (Å²) in [6.07, 6.45) is 5.01. The molecule has 3 rings (SSSR count). The minimum atomic E-state index is -3.58. The molecule has 3 unspecified atom stereocenters. The number of carboxylic acid groups (broad SMARTS) is 1. The number of benzene rings is 1. The molecule has 0 aromatic heterocycles. The molecule has 1 aliphatic heterocycles. The smallest absolute Gasteiger partial charge is 0.307 e. The van der Waals surface area contributed by atoms with Crippen molar-refractivity contribution in [2.45, 2.75) is 44.7 Å². The van der Waals surface area contributed by atoms with Gasteiger partial charge in [0.2, 0.25) is 0 Å². The molecule has 31 heavy (non-hydrogen) atoms. The van der Waals surface area contributed by atoms with Crippen molar-refractivity contribution in [2.24, 2.45) is 5.92 Å². The highest BCUT2D eigenvalue weighted by Crippen LogP contribution is 2.35. The predicted molar refractivity (Wildman–Crippen MR) is 115 cm³/mol. The van der Waals surface area contributed by atoms with Crippen molar-refractivity contribution in [3.63, 3.8) is 0 Å². The number of hydrogen-bond acceptors (Lipinski definition) is 3. The van der Waals surface area contributed by atoms with Crippen LogP contribution in [0.1, 0.15) is 36.9 Å². The van der Waals surface area contributed by atoms with Crippen molar-refractivity contribution in [3.05, 3.63) is 57.6 Å². The van der Waals surface area contributed by atoms with Crippen LogP contribution in [-0.2, 0) is 4.79 Å². The molecular weight excluding hydrogens is 429 g/mol. The van der Waals surface area contributed by atoms with Gasteiger partial charge in [-0.1, -0.05) is 41.5 Å². The molecule has 0 spiro atoms. The van der Waals surface area contributed by atoms with Crippen LogP contribution in [-0.4, -0.2) is 54.2 Å². The van der Waals surface area contributed by atoms with E-state index < -0.39 is 30.7 Å². The lowest BCUT2D eigenvalue weighted by Crippen LogP contribution is -2.44. The van der Waals surface area contributed by atoms with Gasteiger partial charge in [-0.15, -0.1) is 0 Å². The highest BCUT2D eigenvalue weighted by molar-refractivity contribution is 6.31. The van der Waals surface area contributed by atoms with E-state index in [4.69, 9.17) is 11.6 Å². The first kappa shape index (κ1) is 23.8. The van der Waals surface area contributed by atoms with E-state index in [-0.39, 0.29) is 11.5 Å². The summed E-state index contributed by atoms with van der Waals surface area (Å²) in [7, 11) is 0.